The molecular weight excluding hydrogens is 203 g/mol. The second-order valence-electron chi connectivity index (χ2n) is 2.16. The lowest BCUT2D eigenvalue weighted by Gasteiger charge is -1.94. The molecule has 1 aromatic carbocycles. The van der Waals surface area contributed by atoms with Crippen LogP contribution in [0.25, 0.3) is 0 Å². The van der Waals surface area contributed by atoms with E-state index < -0.39 is 7.25 Å². The van der Waals surface area contributed by atoms with Gasteiger partial charge in [-0.25, -0.2) is 0 Å². The van der Waals surface area contributed by atoms with Crippen molar-refractivity contribution in [3.8, 4) is 0 Å². The zero-order valence-corrected chi connectivity index (χ0v) is 7.68. The first-order valence-corrected chi connectivity index (χ1v) is 4.20. The molecule has 0 saturated heterocycles. The van der Waals surface area contributed by atoms with Crippen molar-refractivity contribution < 1.29 is 17.3 Å². The van der Waals surface area contributed by atoms with Crippen molar-refractivity contribution in [2.24, 2.45) is 0 Å². The molecule has 0 amide bonds. The smallest absolute Gasteiger partial charge is 0.418 e. The molecule has 74 valence electrons. The lowest BCUT2D eigenvalue weighted by Crippen LogP contribution is -2.02. The van der Waals surface area contributed by atoms with E-state index in [4.69, 9.17) is 0 Å². The van der Waals surface area contributed by atoms with Gasteiger partial charge in [-0.05, 0) is 12.6 Å². The molecule has 0 unspecified atom stereocenters. The molecule has 1 rings (SSSR count). The lowest BCUT2D eigenvalue weighted by molar-refractivity contribution is 0.368. The van der Waals surface area contributed by atoms with Crippen LogP contribution in [0.2, 0.25) is 0 Å². The fourth-order valence-electron chi connectivity index (χ4n) is 0.596. The van der Waals surface area contributed by atoms with Crippen LogP contribution >= 0.6 is 0 Å². The van der Waals surface area contributed by atoms with Crippen LogP contribution in [-0.2, 0) is 18.4 Å². The SMILES string of the molecule is F[B-](F)(F)F.[SH2+]Cc1ccccc1. The quantitative estimate of drug-likeness (QED) is 0.381. The summed E-state index contributed by atoms with van der Waals surface area (Å²) in [6, 6.07) is 10.3. The fourth-order valence-corrected chi connectivity index (χ4v) is 0.832. The van der Waals surface area contributed by atoms with Crippen molar-refractivity contribution in [2.75, 3.05) is 0 Å². The molecule has 0 fully saturated rings. The zero-order chi connectivity index (χ0) is 10.3. The molecule has 0 aliphatic rings. The van der Waals surface area contributed by atoms with E-state index in [2.05, 4.69) is 24.8 Å². The third kappa shape index (κ3) is 11.4. The molecule has 0 saturated carbocycles. The van der Waals surface area contributed by atoms with Gasteiger partial charge >= 0.3 is 7.25 Å². The normalized spacial score (nSPS) is 10.2. The summed E-state index contributed by atoms with van der Waals surface area (Å²) in [7, 11) is -6.00. The maximum atomic E-state index is 9.75. The van der Waals surface area contributed by atoms with Crippen LogP contribution < -0.4 is 0 Å². The van der Waals surface area contributed by atoms with E-state index in [1.165, 1.54) is 5.56 Å². The molecule has 0 atom stereocenters. The van der Waals surface area contributed by atoms with E-state index >= 15 is 0 Å². The van der Waals surface area contributed by atoms with Gasteiger partial charge in [-0.3, -0.25) is 0 Å². The van der Waals surface area contributed by atoms with Crippen LogP contribution in [0.1, 0.15) is 5.56 Å². The lowest BCUT2D eigenvalue weighted by atomic mass is 10.2. The third-order valence-corrected chi connectivity index (χ3v) is 1.46. The van der Waals surface area contributed by atoms with Crippen LogP contribution in [0.4, 0.5) is 17.3 Å². The third-order valence-electron chi connectivity index (χ3n) is 1.05. The summed E-state index contributed by atoms with van der Waals surface area (Å²) in [5, 5.41) is 0. The summed E-state index contributed by atoms with van der Waals surface area (Å²) >= 11 is 3.40. The second kappa shape index (κ2) is 5.91. The Bertz CT molecular complexity index is 218. The van der Waals surface area contributed by atoms with Crippen LogP contribution in [0.3, 0.4) is 0 Å². The summed E-state index contributed by atoms with van der Waals surface area (Å²) in [4.78, 5) is 0. The van der Waals surface area contributed by atoms with Gasteiger partial charge in [0, 0.05) is 5.56 Å². The van der Waals surface area contributed by atoms with Gasteiger partial charge < -0.3 is 17.3 Å². The van der Waals surface area contributed by atoms with Gasteiger partial charge in [-0.1, -0.05) is 30.3 Å². The molecule has 13 heavy (non-hydrogen) atoms. The van der Waals surface area contributed by atoms with E-state index in [1.807, 2.05) is 18.2 Å². The topological polar surface area (TPSA) is 0 Å². The summed E-state index contributed by atoms with van der Waals surface area (Å²) in [6.07, 6.45) is 0. The first-order chi connectivity index (χ1) is 5.93. The van der Waals surface area contributed by atoms with Gasteiger partial charge in [0.15, 0.2) is 0 Å². The largest absolute Gasteiger partial charge is 0.673 e. The summed E-state index contributed by atoms with van der Waals surface area (Å²) in [5.41, 5.74) is 1.32. The van der Waals surface area contributed by atoms with E-state index in [1.54, 1.807) is 0 Å². The number of hydrogen-bond donors (Lipinski definition) is 0. The van der Waals surface area contributed by atoms with Crippen molar-refractivity contribution in [2.45, 2.75) is 5.75 Å². The fraction of sp³-hybridized carbons (Fsp3) is 0.143. The average Bonchev–Trinajstić information content (AvgIpc) is 2.03. The molecule has 0 aliphatic carbocycles. The minimum Gasteiger partial charge on any atom is -0.418 e. The Morgan fingerprint density at radius 2 is 1.38 bits per heavy atom. The molecule has 0 heterocycles. The number of rotatable bonds is 1. The maximum Gasteiger partial charge on any atom is 0.673 e. The highest BCUT2D eigenvalue weighted by Gasteiger charge is 2.20. The first kappa shape index (κ1) is 12.4. The number of benzene rings is 1. The molecule has 0 N–H and O–H groups in total. The van der Waals surface area contributed by atoms with Gasteiger partial charge in [-0.2, -0.15) is 0 Å². The minimum atomic E-state index is -6.00. The highest BCUT2D eigenvalue weighted by atomic mass is 32.1. The maximum absolute atomic E-state index is 9.75. The van der Waals surface area contributed by atoms with Gasteiger partial charge in [-0.15, -0.1) is 0 Å². The molecule has 1 aromatic rings. The Morgan fingerprint density at radius 1 is 1.00 bits per heavy atom. The van der Waals surface area contributed by atoms with Crippen molar-refractivity contribution in [3.63, 3.8) is 0 Å². The van der Waals surface area contributed by atoms with Crippen molar-refractivity contribution in [3.05, 3.63) is 35.9 Å². The Kier molecular flexibility index (Phi) is 5.62. The monoisotopic (exact) mass is 212 g/mol. The Labute approximate surface area is 79.5 Å². The number of hydrogen-bond acceptors (Lipinski definition) is 0. The molecule has 0 aliphatic heterocycles. The van der Waals surface area contributed by atoms with Crippen LogP contribution in [0.5, 0.6) is 0 Å². The summed E-state index contributed by atoms with van der Waals surface area (Å²) in [5.74, 6) is 0.945. The van der Waals surface area contributed by atoms with E-state index in [-0.39, 0.29) is 0 Å². The molecule has 0 radical (unpaired) electrons. The standard InChI is InChI=1S/C7H8S.BF4/c8-6-7-4-2-1-3-5-7;2-1(3,4)5/h1-5,8H,6H2;/q;-1/p+1. The predicted octanol–water partition coefficient (Wildman–Crippen LogP) is 2.50. The minimum absolute atomic E-state index is 0.945. The van der Waals surface area contributed by atoms with Crippen molar-refractivity contribution in [1.29, 1.82) is 0 Å². The Balaban J connectivity index is 0.000000252. The van der Waals surface area contributed by atoms with Gasteiger partial charge in [0.2, 0.25) is 0 Å². The molecule has 0 nitrogen and oxygen atoms in total. The highest BCUT2D eigenvalue weighted by molar-refractivity contribution is 7.57. The molecule has 6 heteroatoms. The zero-order valence-electron chi connectivity index (χ0n) is 6.68. The second-order valence-corrected chi connectivity index (χ2v) is 2.51. The van der Waals surface area contributed by atoms with Crippen LogP contribution in [-0.4, -0.2) is 7.25 Å². The van der Waals surface area contributed by atoms with Crippen LogP contribution in [0, 0.1) is 0 Å². The van der Waals surface area contributed by atoms with Gasteiger partial charge in [0.1, 0.15) is 5.75 Å². The summed E-state index contributed by atoms with van der Waals surface area (Å²) in [6.45, 7) is 0. The summed E-state index contributed by atoms with van der Waals surface area (Å²) < 4.78 is 39.0. The molecule has 0 aromatic heterocycles. The molecular formula is C7H9BF4S. The van der Waals surface area contributed by atoms with Crippen molar-refractivity contribution >= 4 is 19.9 Å². The van der Waals surface area contributed by atoms with E-state index in [0.717, 1.165) is 5.75 Å². The molecule has 0 bridgehead atoms. The van der Waals surface area contributed by atoms with E-state index in [9.17, 15) is 17.3 Å². The average molecular weight is 212 g/mol. The molecule has 0 spiro atoms. The number of halogens is 4. The van der Waals surface area contributed by atoms with Crippen molar-refractivity contribution in [1.82, 2.24) is 0 Å². The van der Waals surface area contributed by atoms with Gasteiger partial charge in [0.05, 0.1) is 0 Å². The Morgan fingerprint density at radius 3 is 1.62 bits per heavy atom. The predicted molar refractivity (Wildman–Crippen MR) is 50.5 cm³/mol. The van der Waals surface area contributed by atoms with Gasteiger partial charge in [0.25, 0.3) is 0 Å². The van der Waals surface area contributed by atoms with Crippen LogP contribution in [0.15, 0.2) is 30.3 Å². The Hall–Kier alpha value is -0.645. The highest BCUT2D eigenvalue weighted by Crippen LogP contribution is 2.06. The first-order valence-electron chi connectivity index (χ1n) is 3.49. The van der Waals surface area contributed by atoms with E-state index in [0.29, 0.717) is 0 Å².